The molecule has 2 rings (SSSR count). The van der Waals surface area contributed by atoms with E-state index in [0.29, 0.717) is 0 Å². The van der Waals surface area contributed by atoms with Crippen LogP contribution in [-0.4, -0.2) is 11.2 Å². The summed E-state index contributed by atoms with van der Waals surface area (Å²) < 4.78 is 27.2. The summed E-state index contributed by atoms with van der Waals surface area (Å²) in [4.78, 5) is 3.93. The van der Waals surface area contributed by atoms with Gasteiger partial charge >= 0.3 is 0 Å². The van der Waals surface area contributed by atoms with Gasteiger partial charge in [0.05, 0.1) is 4.70 Å². The van der Waals surface area contributed by atoms with E-state index in [1.54, 1.807) is 12.3 Å². The van der Waals surface area contributed by atoms with Crippen LogP contribution >= 0.6 is 23.1 Å². The smallest absolute Gasteiger partial charge is 0.195 e. The highest BCUT2D eigenvalue weighted by molar-refractivity contribution is 7.98. The van der Waals surface area contributed by atoms with Gasteiger partial charge in [0.25, 0.3) is 0 Å². The molecular formula is C9H4F2N2S2. The summed E-state index contributed by atoms with van der Waals surface area (Å²) in [5.74, 6) is -1.09. The van der Waals surface area contributed by atoms with Gasteiger partial charge in [-0.1, -0.05) is 0 Å². The van der Waals surface area contributed by atoms with Crippen LogP contribution in [-0.2, 0) is 0 Å². The number of aromatic nitrogens is 1. The Labute approximate surface area is 92.5 Å². The van der Waals surface area contributed by atoms with E-state index >= 15 is 0 Å². The Morgan fingerprint density at radius 1 is 1.53 bits per heavy atom. The Bertz CT molecular complexity index is 571. The molecule has 15 heavy (non-hydrogen) atoms. The number of fused-ring (bicyclic) bond motifs is 1. The van der Waals surface area contributed by atoms with Crippen molar-refractivity contribution in [3.63, 3.8) is 0 Å². The second-order valence-electron chi connectivity index (χ2n) is 2.68. The van der Waals surface area contributed by atoms with Crippen LogP contribution in [0.3, 0.4) is 0 Å². The van der Waals surface area contributed by atoms with Crippen LogP contribution in [0.25, 0.3) is 10.2 Å². The molecule has 0 aliphatic heterocycles. The summed E-state index contributed by atoms with van der Waals surface area (Å²) in [7, 11) is 0. The zero-order chi connectivity index (χ0) is 11.0. The molecule has 0 spiro atoms. The van der Waals surface area contributed by atoms with Crippen molar-refractivity contribution in [2.75, 3.05) is 6.26 Å². The third-order valence-electron chi connectivity index (χ3n) is 1.84. The second-order valence-corrected chi connectivity index (χ2v) is 4.53. The van der Waals surface area contributed by atoms with Gasteiger partial charge in [-0.2, -0.15) is 5.26 Å². The summed E-state index contributed by atoms with van der Waals surface area (Å²) in [6, 6.07) is 2.90. The van der Waals surface area contributed by atoms with Crippen molar-refractivity contribution in [3.8, 4) is 6.07 Å². The Kier molecular flexibility index (Phi) is 2.59. The molecule has 0 atom stereocenters. The highest BCUT2D eigenvalue weighted by Crippen LogP contribution is 2.32. The van der Waals surface area contributed by atoms with Gasteiger partial charge in [-0.05, 0) is 12.3 Å². The molecule has 0 saturated carbocycles. The minimum atomic E-state index is -0.559. The van der Waals surface area contributed by atoms with Crippen molar-refractivity contribution in [1.29, 1.82) is 5.26 Å². The molecule has 0 N–H and O–H groups in total. The minimum Gasteiger partial charge on any atom is -0.223 e. The van der Waals surface area contributed by atoms with Gasteiger partial charge in [0.15, 0.2) is 10.8 Å². The largest absolute Gasteiger partial charge is 0.223 e. The van der Waals surface area contributed by atoms with Gasteiger partial charge in [0.1, 0.15) is 17.4 Å². The average molecular weight is 242 g/mol. The summed E-state index contributed by atoms with van der Waals surface area (Å²) in [5.41, 5.74) is -0.0547. The monoisotopic (exact) mass is 242 g/mol. The number of rotatable bonds is 1. The molecule has 0 fully saturated rings. The van der Waals surface area contributed by atoms with E-state index in [1.807, 2.05) is 0 Å². The standard InChI is InChI=1S/C9H4F2N2S2/c1-14-5-2-4(10)9-8(7(5)11)13-6(3-12)15-9/h2H,1H3. The van der Waals surface area contributed by atoms with Gasteiger partial charge in [-0.3, -0.25) is 0 Å². The van der Waals surface area contributed by atoms with Crippen molar-refractivity contribution in [1.82, 2.24) is 4.98 Å². The number of nitriles is 1. The van der Waals surface area contributed by atoms with Crippen molar-refractivity contribution < 1.29 is 8.78 Å². The summed E-state index contributed by atoms with van der Waals surface area (Å²) in [5, 5.41) is 8.67. The maximum absolute atomic E-state index is 13.6. The van der Waals surface area contributed by atoms with Crippen LogP contribution in [0.5, 0.6) is 0 Å². The van der Waals surface area contributed by atoms with Gasteiger partial charge in [-0.15, -0.1) is 23.1 Å². The maximum atomic E-state index is 13.6. The Balaban J connectivity index is 2.85. The minimum absolute atomic E-state index is 0.0547. The first-order valence-electron chi connectivity index (χ1n) is 3.90. The lowest BCUT2D eigenvalue weighted by atomic mass is 10.3. The van der Waals surface area contributed by atoms with Crippen molar-refractivity contribution in [3.05, 3.63) is 22.7 Å². The SMILES string of the molecule is CSc1cc(F)c2sc(C#N)nc2c1F. The van der Waals surface area contributed by atoms with E-state index in [2.05, 4.69) is 4.98 Å². The lowest BCUT2D eigenvalue weighted by Crippen LogP contribution is -1.86. The lowest BCUT2D eigenvalue weighted by molar-refractivity contribution is 0.594. The fourth-order valence-electron chi connectivity index (χ4n) is 1.19. The normalized spacial score (nSPS) is 10.5. The first-order chi connectivity index (χ1) is 7.17. The summed E-state index contributed by atoms with van der Waals surface area (Å²) >= 11 is 1.97. The third kappa shape index (κ3) is 1.58. The van der Waals surface area contributed by atoms with E-state index in [4.69, 9.17) is 5.26 Å². The predicted octanol–water partition coefficient (Wildman–Crippen LogP) is 3.17. The second kappa shape index (κ2) is 3.76. The molecule has 1 aromatic carbocycles. The Hall–Kier alpha value is -1.19. The fraction of sp³-hybridized carbons (Fsp3) is 0.111. The molecule has 0 unspecified atom stereocenters. The molecule has 0 saturated heterocycles. The molecule has 0 aliphatic rings. The Morgan fingerprint density at radius 3 is 2.87 bits per heavy atom. The molecule has 6 heteroatoms. The van der Waals surface area contributed by atoms with Crippen LogP contribution < -0.4 is 0 Å². The van der Waals surface area contributed by atoms with Crippen LogP contribution in [0.15, 0.2) is 11.0 Å². The number of nitrogens with zero attached hydrogens (tertiary/aromatic N) is 2. The van der Waals surface area contributed by atoms with E-state index in [9.17, 15) is 8.78 Å². The van der Waals surface area contributed by atoms with Crippen molar-refractivity contribution >= 4 is 33.3 Å². The molecule has 0 amide bonds. The fourth-order valence-corrected chi connectivity index (χ4v) is 2.45. The number of hydrogen-bond acceptors (Lipinski definition) is 4. The molecule has 76 valence electrons. The third-order valence-corrected chi connectivity index (χ3v) is 3.55. The first kappa shape index (κ1) is 10.3. The maximum Gasteiger partial charge on any atom is 0.195 e. The quantitative estimate of drug-likeness (QED) is 0.721. The van der Waals surface area contributed by atoms with E-state index in [1.165, 1.54) is 0 Å². The highest BCUT2D eigenvalue weighted by atomic mass is 32.2. The summed E-state index contributed by atoms with van der Waals surface area (Å²) in [6.07, 6.45) is 1.65. The molecule has 0 bridgehead atoms. The molecule has 2 aromatic rings. The molecule has 2 nitrogen and oxygen atoms in total. The van der Waals surface area contributed by atoms with E-state index < -0.39 is 11.6 Å². The van der Waals surface area contributed by atoms with Crippen LogP contribution in [0.4, 0.5) is 8.78 Å². The van der Waals surface area contributed by atoms with Gasteiger partial charge in [-0.25, -0.2) is 13.8 Å². The molecule has 1 aromatic heterocycles. The lowest BCUT2D eigenvalue weighted by Gasteiger charge is -1.99. The predicted molar refractivity (Wildman–Crippen MR) is 56.0 cm³/mol. The number of halogens is 2. The van der Waals surface area contributed by atoms with Crippen molar-refractivity contribution in [2.24, 2.45) is 0 Å². The highest BCUT2D eigenvalue weighted by Gasteiger charge is 2.16. The number of hydrogen-bond donors (Lipinski definition) is 0. The first-order valence-corrected chi connectivity index (χ1v) is 5.94. The topological polar surface area (TPSA) is 36.7 Å². The van der Waals surface area contributed by atoms with E-state index in [-0.39, 0.29) is 20.1 Å². The van der Waals surface area contributed by atoms with Gasteiger partial charge in [0.2, 0.25) is 0 Å². The number of thioether (sulfide) groups is 1. The van der Waals surface area contributed by atoms with Crippen LogP contribution in [0, 0.1) is 23.0 Å². The summed E-state index contributed by atoms with van der Waals surface area (Å²) in [6.45, 7) is 0. The van der Waals surface area contributed by atoms with Crippen molar-refractivity contribution in [2.45, 2.75) is 4.90 Å². The molecular weight excluding hydrogens is 238 g/mol. The molecule has 0 radical (unpaired) electrons. The van der Waals surface area contributed by atoms with Crippen LogP contribution in [0.2, 0.25) is 0 Å². The van der Waals surface area contributed by atoms with Gasteiger partial charge < -0.3 is 0 Å². The van der Waals surface area contributed by atoms with E-state index in [0.717, 1.165) is 29.2 Å². The number of thiazole rings is 1. The van der Waals surface area contributed by atoms with Crippen LogP contribution in [0.1, 0.15) is 5.01 Å². The molecule has 0 aliphatic carbocycles. The zero-order valence-corrected chi connectivity index (χ0v) is 9.18. The van der Waals surface area contributed by atoms with Gasteiger partial charge in [0, 0.05) is 4.90 Å². The molecule has 1 heterocycles. The zero-order valence-electron chi connectivity index (χ0n) is 7.54. The average Bonchev–Trinajstić information content (AvgIpc) is 2.68. The Morgan fingerprint density at radius 2 is 2.27 bits per heavy atom. The number of benzene rings is 1.